The molecule has 0 aromatic heterocycles. The van der Waals surface area contributed by atoms with Gasteiger partial charge in [0.05, 0.1) is 26.4 Å². The number of hydrogen-bond donors (Lipinski definition) is 3. The van der Waals surface area contributed by atoms with Gasteiger partial charge in [-0.15, -0.1) is 0 Å². The number of hydrogen-bond acceptors (Lipinski definition) is 15. The van der Waals surface area contributed by atoms with Gasteiger partial charge >= 0.3 is 39.5 Å². The van der Waals surface area contributed by atoms with E-state index in [0.717, 1.165) is 108 Å². The van der Waals surface area contributed by atoms with E-state index in [-0.39, 0.29) is 25.7 Å². The molecule has 0 fully saturated rings. The van der Waals surface area contributed by atoms with Crippen molar-refractivity contribution in [2.45, 2.75) is 464 Å². The second-order valence-electron chi connectivity index (χ2n) is 30.7. The van der Waals surface area contributed by atoms with Crippen molar-refractivity contribution >= 4 is 39.5 Å². The highest BCUT2D eigenvalue weighted by Gasteiger charge is 2.30. The normalized spacial score (nSPS) is 14.4. The van der Waals surface area contributed by atoms with Gasteiger partial charge < -0.3 is 33.8 Å². The fourth-order valence-electron chi connectivity index (χ4n) is 13.0. The summed E-state index contributed by atoms with van der Waals surface area (Å²) in [5, 5.41) is 10.7. The third kappa shape index (κ3) is 75.3. The first-order valence-corrected chi connectivity index (χ1v) is 46.6. The van der Waals surface area contributed by atoms with Gasteiger partial charge in [-0.3, -0.25) is 37.3 Å². The van der Waals surface area contributed by atoms with Crippen LogP contribution in [0.5, 0.6) is 0 Å². The van der Waals surface area contributed by atoms with Crippen LogP contribution >= 0.6 is 15.6 Å². The van der Waals surface area contributed by atoms with Crippen LogP contribution in [-0.2, 0) is 65.4 Å². The third-order valence-electron chi connectivity index (χ3n) is 20.4. The van der Waals surface area contributed by atoms with Gasteiger partial charge in [-0.05, 0) is 37.5 Å². The highest BCUT2D eigenvalue weighted by molar-refractivity contribution is 7.47. The Bertz CT molecular complexity index is 1980. The lowest BCUT2D eigenvalue weighted by Gasteiger charge is -2.21. The molecule has 4 unspecified atom stereocenters. The first kappa shape index (κ1) is 101. The molecule has 0 saturated carbocycles. The van der Waals surface area contributed by atoms with Gasteiger partial charge in [0.25, 0.3) is 0 Å². The maximum Gasteiger partial charge on any atom is 0.472 e. The van der Waals surface area contributed by atoms with Crippen LogP contribution < -0.4 is 0 Å². The molecule has 612 valence electrons. The predicted octanol–water partition coefficient (Wildman–Crippen LogP) is 25.5. The summed E-state index contributed by atoms with van der Waals surface area (Å²) in [6, 6.07) is 0. The molecule has 0 saturated heterocycles. The van der Waals surface area contributed by atoms with Crippen LogP contribution in [0.25, 0.3) is 0 Å². The molecule has 0 aliphatic heterocycles. The molecule has 17 nitrogen and oxygen atoms in total. The average molecular weight is 1510 g/mol. The van der Waals surface area contributed by atoms with Crippen molar-refractivity contribution in [2.24, 2.45) is 11.8 Å². The minimum atomic E-state index is -4.96. The van der Waals surface area contributed by atoms with E-state index in [4.69, 9.17) is 37.0 Å². The van der Waals surface area contributed by atoms with Gasteiger partial charge in [0, 0.05) is 25.7 Å². The second kappa shape index (κ2) is 75.5. The third-order valence-corrected chi connectivity index (χ3v) is 22.3. The number of unbranched alkanes of at least 4 members (excludes halogenated alkanes) is 51. The van der Waals surface area contributed by atoms with Gasteiger partial charge in [0.15, 0.2) is 12.2 Å². The van der Waals surface area contributed by atoms with Gasteiger partial charge in [-0.1, -0.05) is 395 Å². The smallest absolute Gasteiger partial charge is 0.462 e. The molecule has 3 N–H and O–H groups in total. The largest absolute Gasteiger partial charge is 0.472 e. The van der Waals surface area contributed by atoms with Crippen LogP contribution in [0.15, 0.2) is 0 Å². The molecule has 0 spiro atoms. The van der Waals surface area contributed by atoms with Crippen LogP contribution in [0, 0.1) is 11.8 Å². The summed E-state index contributed by atoms with van der Waals surface area (Å²) < 4.78 is 68.8. The number of phosphoric acid groups is 2. The number of phosphoric ester groups is 2. The molecule has 0 bridgehead atoms. The summed E-state index contributed by atoms with van der Waals surface area (Å²) in [6.45, 7) is 9.60. The quantitative estimate of drug-likeness (QED) is 0.0222. The minimum Gasteiger partial charge on any atom is -0.462 e. The summed E-state index contributed by atoms with van der Waals surface area (Å²) in [5.41, 5.74) is 0. The maximum atomic E-state index is 13.1. The van der Waals surface area contributed by atoms with Gasteiger partial charge in [0.2, 0.25) is 0 Å². The van der Waals surface area contributed by atoms with Crippen molar-refractivity contribution in [3.8, 4) is 0 Å². The van der Waals surface area contributed by atoms with Crippen LogP contribution in [0.4, 0.5) is 0 Å². The number of ether oxygens (including phenoxy) is 4. The van der Waals surface area contributed by atoms with E-state index in [9.17, 15) is 43.2 Å². The minimum absolute atomic E-state index is 0.104. The van der Waals surface area contributed by atoms with Crippen LogP contribution in [0.2, 0.25) is 0 Å². The maximum absolute atomic E-state index is 13.1. The molecular weight excluding hydrogens is 1340 g/mol. The number of carbonyl (C=O) groups is 4. The molecule has 0 aromatic carbocycles. The number of esters is 4. The Kier molecular flexibility index (Phi) is 74.1. The fourth-order valence-corrected chi connectivity index (χ4v) is 14.6. The van der Waals surface area contributed by atoms with Crippen molar-refractivity contribution in [3.05, 3.63) is 0 Å². The van der Waals surface area contributed by atoms with Crippen molar-refractivity contribution < 1.29 is 80.2 Å². The number of carbonyl (C=O) groups excluding carboxylic acids is 4. The SMILES string of the molecule is CCCCCCCCCCCCCCCCCCCCCCCCC(=O)O[C@H](COC(=O)CCCCCCCCCCCCCCCCCCCCC)COP(=O)(O)OC[C@@H](O)COP(=O)(O)OC[C@@H](COC(=O)CCCCCCCCC(C)CC)OC(=O)CCCCCCCCCCC(C)CC. The molecule has 0 rings (SSSR count). The van der Waals surface area contributed by atoms with Crippen molar-refractivity contribution in [1.82, 2.24) is 0 Å². The molecule has 0 heterocycles. The molecular formula is C84H164O17P2. The second-order valence-corrected chi connectivity index (χ2v) is 33.6. The first-order chi connectivity index (χ1) is 49.9. The number of rotatable bonds is 83. The predicted molar refractivity (Wildman–Crippen MR) is 423 cm³/mol. The molecule has 103 heavy (non-hydrogen) atoms. The zero-order valence-corrected chi connectivity index (χ0v) is 69.4. The van der Waals surface area contributed by atoms with Crippen LogP contribution in [0.3, 0.4) is 0 Å². The zero-order valence-electron chi connectivity index (χ0n) is 67.6. The van der Waals surface area contributed by atoms with Crippen molar-refractivity contribution in [2.75, 3.05) is 39.6 Å². The Morgan fingerprint density at radius 2 is 0.466 bits per heavy atom. The lowest BCUT2D eigenvalue weighted by atomic mass is 9.99. The molecule has 19 heteroatoms. The van der Waals surface area contributed by atoms with Gasteiger partial charge in [-0.2, -0.15) is 0 Å². The highest BCUT2D eigenvalue weighted by Crippen LogP contribution is 2.45. The summed E-state index contributed by atoms with van der Waals surface area (Å²) in [6.07, 6.45) is 66.9. The molecule has 0 aromatic rings. The van der Waals surface area contributed by atoms with Crippen LogP contribution in [-0.4, -0.2) is 96.7 Å². The standard InChI is InChI=1S/C84H164O17P2/c1-7-11-13-15-17-19-21-23-25-27-29-30-31-33-35-37-39-41-43-48-56-62-68-83(88)100-79(72-94-81(86)66-60-54-47-42-40-38-36-34-32-28-26-24-22-20-18-16-14-12-8-2)74-98-102(90,91)96-70-78(85)71-97-103(92,93)99-75-80(73-95-82(87)67-61-55-51-50-53-59-65-77(6)10-4)101-84(89)69-63-57-49-45-44-46-52-58-64-76(5)9-3/h76-80,85H,7-75H2,1-6H3,(H,90,91)(H,92,93)/t76?,77?,78-,79-,80-/m1/s1. The number of aliphatic hydroxyl groups is 1. The van der Waals surface area contributed by atoms with Gasteiger partial charge in [-0.25, -0.2) is 9.13 Å². The average Bonchev–Trinajstić information content (AvgIpc) is 0.920. The highest BCUT2D eigenvalue weighted by atomic mass is 31.2. The van der Waals surface area contributed by atoms with E-state index in [1.807, 2.05) is 0 Å². The molecule has 0 aliphatic rings. The molecule has 0 aliphatic carbocycles. The Hall–Kier alpha value is -1.94. The van der Waals surface area contributed by atoms with E-state index in [2.05, 4.69) is 41.5 Å². The van der Waals surface area contributed by atoms with Gasteiger partial charge in [0.1, 0.15) is 19.3 Å². The lowest BCUT2D eigenvalue weighted by Crippen LogP contribution is -2.30. The Morgan fingerprint density at radius 3 is 0.689 bits per heavy atom. The monoisotopic (exact) mass is 1510 g/mol. The van der Waals surface area contributed by atoms with Crippen LogP contribution in [0.1, 0.15) is 446 Å². The molecule has 7 atom stereocenters. The zero-order chi connectivity index (χ0) is 75.6. The summed E-state index contributed by atoms with van der Waals surface area (Å²) in [7, 11) is -9.92. The van der Waals surface area contributed by atoms with E-state index in [1.54, 1.807) is 0 Å². The summed E-state index contributed by atoms with van der Waals surface area (Å²) in [5.74, 6) is -0.610. The van der Waals surface area contributed by atoms with E-state index in [0.29, 0.717) is 25.7 Å². The fraction of sp³-hybridized carbons (Fsp3) is 0.952. The van der Waals surface area contributed by atoms with E-state index < -0.39 is 97.5 Å². The molecule has 0 radical (unpaired) electrons. The Balaban J connectivity index is 5.21. The van der Waals surface area contributed by atoms with E-state index >= 15 is 0 Å². The topological polar surface area (TPSA) is 237 Å². The van der Waals surface area contributed by atoms with Crippen molar-refractivity contribution in [1.29, 1.82) is 0 Å². The van der Waals surface area contributed by atoms with E-state index in [1.165, 1.54) is 257 Å². The van der Waals surface area contributed by atoms with Crippen molar-refractivity contribution in [3.63, 3.8) is 0 Å². The number of aliphatic hydroxyl groups excluding tert-OH is 1. The summed E-state index contributed by atoms with van der Waals surface area (Å²) >= 11 is 0. The Labute approximate surface area is 632 Å². The lowest BCUT2D eigenvalue weighted by molar-refractivity contribution is -0.161. The summed E-state index contributed by atoms with van der Waals surface area (Å²) in [4.78, 5) is 73.1. The molecule has 0 amide bonds. The Morgan fingerprint density at radius 1 is 0.272 bits per heavy atom. The first-order valence-electron chi connectivity index (χ1n) is 43.6.